The number of Topliss-reactive ketones (excluding diaryl/α,β-unsaturated/α-hetero) is 1. The maximum atomic E-state index is 14.7. The van der Waals surface area contributed by atoms with Crippen LogP contribution in [0, 0.1) is 41.4 Å². The van der Waals surface area contributed by atoms with E-state index in [4.69, 9.17) is 35.3 Å². The lowest BCUT2D eigenvalue weighted by atomic mass is 9.72. The molecule has 6 rings (SSSR count). The predicted molar refractivity (Wildman–Crippen MR) is 248 cm³/mol. The second-order valence-electron chi connectivity index (χ2n) is 20.7. The molecule has 2 amide bonds. The fourth-order valence-corrected chi connectivity index (χ4v) is 12.0. The maximum absolute atomic E-state index is 14.7. The van der Waals surface area contributed by atoms with Gasteiger partial charge in [0, 0.05) is 41.7 Å². The van der Waals surface area contributed by atoms with E-state index in [1.165, 1.54) is 0 Å². The molecule has 0 aromatic heterocycles. The third kappa shape index (κ3) is 10.5. The Morgan fingerprint density at radius 2 is 1.58 bits per heavy atom. The van der Waals surface area contributed by atoms with Gasteiger partial charge in [-0.3, -0.25) is 19.2 Å². The molecule has 5 aliphatic heterocycles. The van der Waals surface area contributed by atoms with Gasteiger partial charge in [0.15, 0.2) is 11.6 Å². The third-order valence-corrected chi connectivity index (χ3v) is 16.7. The first-order valence-corrected chi connectivity index (χ1v) is 25.0. The minimum absolute atomic E-state index is 0.0456. The fraction of sp³-hybridized carbons (Fsp3) is 0.765. The minimum Gasteiger partial charge on any atom is -0.481 e. The standard InChI is InChI=1S/C51H77ClN2O12/c1-11-35(47(59)60)38-19-18-28(4)43(63-38)32(8)41(55)31(7)42(56)36(12-2)44-29(5)26-30(6)50(64-44)23-20-39(54-46(58)45(57)53-27-34-16-14-15-17-37(34)52)51(66-50)25-24-48(10,65-51)40-21-22-49(61,13-3)33(9)62-40/h14-17,20,23,28-33,35-36,38-41,43-44,55,61H,11-13,18-19,21-22,24-27H2,1-10H3,(H,53,57)(H,54,58)(H,59,60)/t28-,29-,30+,31-,32-,33-,35+,36-,38+,39+,40+,41+,43+,44-,48-,49+,50-,51-/m0/s1. The molecule has 4 fully saturated rings. The summed E-state index contributed by atoms with van der Waals surface area (Å²) in [5.74, 6) is -8.45. The number of hydrogen-bond donors (Lipinski definition) is 5. The Morgan fingerprint density at radius 1 is 0.879 bits per heavy atom. The van der Waals surface area contributed by atoms with Gasteiger partial charge in [-0.1, -0.05) is 91.3 Å². The zero-order valence-corrected chi connectivity index (χ0v) is 41.5. The van der Waals surface area contributed by atoms with Gasteiger partial charge in [-0.2, -0.15) is 0 Å². The van der Waals surface area contributed by atoms with Crippen molar-refractivity contribution in [1.82, 2.24) is 10.6 Å². The van der Waals surface area contributed by atoms with Crippen LogP contribution in [-0.4, -0.2) is 104 Å². The lowest BCUT2D eigenvalue weighted by molar-refractivity contribution is -0.398. The van der Waals surface area contributed by atoms with Crippen LogP contribution in [0.2, 0.25) is 5.02 Å². The van der Waals surface area contributed by atoms with Crippen LogP contribution >= 0.6 is 11.6 Å². The smallest absolute Gasteiger partial charge is 0.309 e. The van der Waals surface area contributed by atoms with Crippen LogP contribution in [0.1, 0.15) is 139 Å². The van der Waals surface area contributed by atoms with E-state index in [0.29, 0.717) is 68.4 Å². The number of rotatable bonds is 15. The summed E-state index contributed by atoms with van der Waals surface area (Å²) in [5, 5.41) is 39.0. The number of carbonyl (C=O) groups excluding carboxylic acids is 3. The molecule has 5 aliphatic rings. The van der Waals surface area contributed by atoms with Crippen molar-refractivity contribution in [3.05, 3.63) is 47.0 Å². The number of carbonyl (C=O) groups is 4. The number of nitrogens with one attached hydrogen (secondary N) is 2. The molecule has 0 unspecified atom stereocenters. The highest BCUT2D eigenvalue weighted by molar-refractivity contribution is 6.35. The number of aliphatic carboxylic acids is 1. The Kier molecular flexibility index (Phi) is 16.6. The number of benzene rings is 1. The highest BCUT2D eigenvalue weighted by Crippen LogP contribution is 2.54. The number of carboxylic acid groups (broad SMARTS) is 1. The van der Waals surface area contributed by atoms with Crippen molar-refractivity contribution >= 4 is 35.2 Å². The average Bonchev–Trinajstić information content (AvgIpc) is 3.63. The molecule has 0 radical (unpaired) electrons. The van der Waals surface area contributed by atoms with E-state index in [2.05, 4.69) is 17.6 Å². The molecule has 14 nitrogen and oxygen atoms in total. The van der Waals surface area contributed by atoms with Gasteiger partial charge in [-0.15, -0.1) is 0 Å². The lowest BCUT2D eigenvalue weighted by Gasteiger charge is -2.55. The van der Waals surface area contributed by atoms with Crippen molar-refractivity contribution in [2.75, 3.05) is 0 Å². The molecule has 18 atom stereocenters. The Morgan fingerprint density at radius 3 is 2.21 bits per heavy atom. The molecular formula is C51H77ClN2O12. The van der Waals surface area contributed by atoms with Gasteiger partial charge in [0.25, 0.3) is 0 Å². The summed E-state index contributed by atoms with van der Waals surface area (Å²) in [6.07, 6.45) is 5.38. The van der Waals surface area contributed by atoms with E-state index in [1.54, 1.807) is 43.3 Å². The van der Waals surface area contributed by atoms with Crippen LogP contribution in [0.3, 0.4) is 0 Å². The van der Waals surface area contributed by atoms with E-state index >= 15 is 0 Å². The largest absolute Gasteiger partial charge is 0.481 e. The van der Waals surface area contributed by atoms with Crippen LogP contribution in [0.25, 0.3) is 0 Å². The monoisotopic (exact) mass is 945 g/mol. The van der Waals surface area contributed by atoms with Crippen LogP contribution in [0.4, 0.5) is 0 Å². The van der Waals surface area contributed by atoms with Crippen molar-refractivity contribution in [2.45, 2.75) is 205 Å². The molecule has 0 saturated carbocycles. The summed E-state index contributed by atoms with van der Waals surface area (Å²) in [6, 6.07) is 6.12. The quantitative estimate of drug-likeness (QED) is 0.0871. The van der Waals surface area contributed by atoms with Gasteiger partial charge in [0.2, 0.25) is 0 Å². The van der Waals surface area contributed by atoms with Gasteiger partial charge >= 0.3 is 17.8 Å². The number of ether oxygens (including phenoxy) is 5. The van der Waals surface area contributed by atoms with Crippen LogP contribution in [0.15, 0.2) is 36.4 Å². The van der Waals surface area contributed by atoms with Gasteiger partial charge in [-0.25, -0.2) is 0 Å². The zero-order chi connectivity index (χ0) is 48.5. The van der Waals surface area contributed by atoms with E-state index in [0.717, 1.165) is 6.42 Å². The van der Waals surface area contributed by atoms with E-state index < -0.39 is 107 Å². The average molecular weight is 946 g/mol. The number of halogens is 1. The van der Waals surface area contributed by atoms with E-state index in [9.17, 15) is 34.5 Å². The number of carboxylic acids is 1. The predicted octanol–water partition coefficient (Wildman–Crippen LogP) is 7.28. The Bertz CT molecular complexity index is 1930. The molecule has 5 N–H and O–H groups in total. The molecule has 1 aromatic rings. The minimum atomic E-state index is -1.52. The van der Waals surface area contributed by atoms with E-state index in [1.807, 2.05) is 55.4 Å². The Labute approximate surface area is 396 Å². The highest BCUT2D eigenvalue weighted by Gasteiger charge is 2.63. The summed E-state index contributed by atoms with van der Waals surface area (Å²) in [7, 11) is 0. The third-order valence-electron chi connectivity index (χ3n) is 16.4. The number of amides is 2. The van der Waals surface area contributed by atoms with Gasteiger partial charge in [0.1, 0.15) is 11.8 Å². The van der Waals surface area contributed by atoms with Crippen LogP contribution in [-0.2, 0) is 49.4 Å². The molecule has 4 saturated heterocycles. The molecule has 5 heterocycles. The summed E-state index contributed by atoms with van der Waals surface area (Å²) in [6.45, 7) is 19.4. The fourth-order valence-electron chi connectivity index (χ4n) is 11.8. The molecular weight excluding hydrogens is 868 g/mol. The summed E-state index contributed by atoms with van der Waals surface area (Å²) < 4.78 is 34.4. The number of hydrogen-bond acceptors (Lipinski definition) is 11. The van der Waals surface area contributed by atoms with Crippen LogP contribution < -0.4 is 10.6 Å². The number of ketones is 1. The van der Waals surface area contributed by atoms with Gasteiger partial charge in [-0.05, 0) is 101 Å². The highest BCUT2D eigenvalue weighted by atomic mass is 35.5. The molecule has 370 valence electrons. The topological polar surface area (TPSA) is 199 Å². The maximum Gasteiger partial charge on any atom is 0.309 e. The summed E-state index contributed by atoms with van der Waals surface area (Å²) >= 11 is 6.32. The first-order chi connectivity index (χ1) is 31.1. The molecule has 0 bridgehead atoms. The summed E-state index contributed by atoms with van der Waals surface area (Å²) in [5.41, 5.74) is -1.22. The second-order valence-corrected chi connectivity index (χ2v) is 21.1. The van der Waals surface area contributed by atoms with Crippen molar-refractivity contribution in [1.29, 1.82) is 0 Å². The first kappa shape index (κ1) is 52.4. The first-order valence-electron chi connectivity index (χ1n) is 24.6. The van der Waals surface area contributed by atoms with Crippen molar-refractivity contribution < 1.29 is 58.2 Å². The SMILES string of the molecule is CC[C@@H](C(=O)[C@@H](C)[C@@H](O)[C@H](C)[C@@H]1O[C@@H]([C@@H](CC)C(=O)O)CC[C@@H]1C)[C@H]1O[C@]2(C=C[C@@H](NC(=O)C(=O)NCc3ccccc3Cl)[C@]3(CC[C@@](C)([C@H]4CC[C@](O)(CC)[C@H](C)O4)O3)O2)[C@H](C)C[C@@H]1C. The molecule has 0 aliphatic carbocycles. The number of aliphatic hydroxyl groups is 2. The Balaban J connectivity index is 1.24. The molecule has 66 heavy (non-hydrogen) atoms. The zero-order valence-electron chi connectivity index (χ0n) is 40.7. The van der Waals surface area contributed by atoms with Crippen molar-refractivity contribution in [3.8, 4) is 0 Å². The normalized spacial score (nSPS) is 39.1. The Hall–Kier alpha value is -2.95. The van der Waals surface area contributed by atoms with Crippen molar-refractivity contribution in [3.63, 3.8) is 0 Å². The molecule has 15 heteroatoms. The lowest BCUT2D eigenvalue weighted by Crippen LogP contribution is -2.66. The summed E-state index contributed by atoms with van der Waals surface area (Å²) in [4.78, 5) is 53.8. The van der Waals surface area contributed by atoms with E-state index in [-0.39, 0.29) is 30.1 Å². The second kappa shape index (κ2) is 21.0. The van der Waals surface area contributed by atoms with Crippen LogP contribution in [0.5, 0.6) is 0 Å². The van der Waals surface area contributed by atoms with Crippen molar-refractivity contribution in [2.24, 2.45) is 41.4 Å². The number of aliphatic hydroxyl groups excluding tert-OH is 1. The van der Waals surface area contributed by atoms with Gasteiger partial charge < -0.3 is 49.6 Å². The van der Waals surface area contributed by atoms with Gasteiger partial charge in [0.05, 0.1) is 53.7 Å². The molecule has 1 aromatic carbocycles. The molecule has 2 spiro atoms.